The predicted molar refractivity (Wildman–Crippen MR) is 154 cm³/mol. The molecule has 0 N–H and O–H groups in total. The Morgan fingerprint density at radius 2 is 1.11 bits per heavy atom. The van der Waals surface area contributed by atoms with Gasteiger partial charge >= 0.3 is 0 Å². The number of benzene rings is 4. The number of rotatable bonds is 4. The van der Waals surface area contributed by atoms with E-state index in [2.05, 4.69) is 133 Å². The second kappa shape index (κ2) is 9.81. The van der Waals surface area contributed by atoms with E-state index in [0.717, 1.165) is 32.5 Å². The van der Waals surface area contributed by atoms with Gasteiger partial charge in [0.05, 0.1) is 10.5 Å². The van der Waals surface area contributed by atoms with Crippen LogP contribution in [0.15, 0.2) is 155 Å². The summed E-state index contributed by atoms with van der Waals surface area (Å²) in [7, 11) is 0. The van der Waals surface area contributed by atoms with Crippen LogP contribution in [0.4, 0.5) is 0 Å². The number of nitrogens with zero attached hydrogens (tertiary/aromatic N) is 1. The van der Waals surface area contributed by atoms with Gasteiger partial charge in [0.25, 0.3) is 0 Å². The Kier molecular flexibility index (Phi) is 6.23. The molecule has 0 aromatic heterocycles. The van der Waals surface area contributed by atoms with Crippen molar-refractivity contribution < 1.29 is 0 Å². The van der Waals surface area contributed by atoms with E-state index >= 15 is 0 Å². The number of hydrogen-bond donors (Lipinski definition) is 0. The topological polar surface area (TPSA) is 12.4 Å². The standard InChI is InChI=1S/C33H24ClNS/c34-28-21-22-30-29(23-28)33(26-17-9-3-10-18-26,27-19-11-4-12-20-27)36-32(35-30)31(24-13-5-1-6-14-24)25-15-7-2-8-16-25/h1-23,29H. The first-order valence-corrected chi connectivity index (χ1v) is 13.2. The van der Waals surface area contributed by atoms with Gasteiger partial charge in [0.1, 0.15) is 5.03 Å². The molecule has 1 nitrogen and oxygen atoms in total. The lowest BCUT2D eigenvalue weighted by Gasteiger charge is -2.44. The van der Waals surface area contributed by atoms with Crippen molar-refractivity contribution in [2.24, 2.45) is 10.9 Å². The minimum absolute atomic E-state index is 0.0126. The molecular weight excluding hydrogens is 478 g/mol. The maximum atomic E-state index is 6.63. The van der Waals surface area contributed by atoms with Crippen molar-refractivity contribution in [3.63, 3.8) is 0 Å². The second-order valence-electron chi connectivity index (χ2n) is 8.88. The minimum atomic E-state index is -0.436. The Balaban J connectivity index is 1.70. The van der Waals surface area contributed by atoms with Crippen molar-refractivity contribution in [2.45, 2.75) is 4.75 Å². The monoisotopic (exact) mass is 501 g/mol. The third kappa shape index (κ3) is 4.07. The summed E-state index contributed by atoms with van der Waals surface area (Å²) in [6.07, 6.45) is 6.20. The van der Waals surface area contributed by atoms with Crippen molar-refractivity contribution in [1.82, 2.24) is 0 Å². The molecule has 4 aromatic carbocycles. The summed E-state index contributed by atoms with van der Waals surface area (Å²) < 4.78 is -0.436. The fourth-order valence-electron chi connectivity index (χ4n) is 5.10. The van der Waals surface area contributed by atoms with Crippen LogP contribution >= 0.6 is 23.4 Å². The number of hydrogen-bond acceptors (Lipinski definition) is 2. The normalized spacial score (nSPS) is 18.1. The lowest BCUT2D eigenvalue weighted by atomic mass is 9.75. The number of allylic oxidation sites excluding steroid dienone is 4. The Morgan fingerprint density at radius 3 is 1.61 bits per heavy atom. The first-order valence-electron chi connectivity index (χ1n) is 12.0. The second-order valence-corrected chi connectivity index (χ2v) is 10.6. The van der Waals surface area contributed by atoms with Crippen LogP contribution in [-0.4, -0.2) is 5.71 Å². The fourth-order valence-corrected chi connectivity index (χ4v) is 6.91. The van der Waals surface area contributed by atoms with Crippen LogP contribution in [0.2, 0.25) is 0 Å². The highest BCUT2D eigenvalue weighted by molar-refractivity contribution is 8.04. The summed E-state index contributed by atoms with van der Waals surface area (Å²) in [6.45, 7) is 0. The van der Waals surface area contributed by atoms with E-state index < -0.39 is 4.75 Å². The first kappa shape index (κ1) is 22.8. The molecule has 0 amide bonds. The van der Waals surface area contributed by atoms with Crippen molar-refractivity contribution in [1.29, 1.82) is 0 Å². The van der Waals surface area contributed by atoms with Crippen molar-refractivity contribution in [3.05, 3.63) is 172 Å². The molecule has 0 saturated heterocycles. The average molecular weight is 502 g/mol. The Labute approximate surface area is 221 Å². The molecule has 0 spiro atoms. The molecule has 6 rings (SSSR count). The van der Waals surface area contributed by atoms with Gasteiger partial charge in [-0.15, -0.1) is 0 Å². The van der Waals surface area contributed by atoms with Crippen LogP contribution in [0.1, 0.15) is 22.3 Å². The zero-order valence-electron chi connectivity index (χ0n) is 19.6. The highest BCUT2D eigenvalue weighted by Gasteiger charge is 2.48. The molecule has 1 heterocycles. The van der Waals surface area contributed by atoms with E-state index in [4.69, 9.17) is 16.6 Å². The number of thioether (sulfide) groups is 1. The van der Waals surface area contributed by atoms with Crippen LogP contribution in [0.25, 0.3) is 5.57 Å². The summed E-state index contributed by atoms with van der Waals surface area (Å²) in [6, 6.07) is 42.7. The molecule has 1 aliphatic heterocycles. The molecule has 3 heteroatoms. The predicted octanol–water partition coefficient (Wildman–Crippen LogP) is 8.84. The van der Waals surface area contributed by atoms with Gasteiger partial charge in [0.2, 0.25) is 0 Å². The van der Waals surface area contributed by atoms with E-state index in [0.29, 0.717) is 0 Å². The van der Waals surface area contributed by atoms with Gasteiger partial charge in [0, 0.05) is 16.5 Å². The average Bonchev–Trinajstić information content (AvgIpc) is 2.95. The molecular formula is C33H24ClNS. The van der Waals surface area contributed by atoms with Crippen LogP contribution in [-0.2, 0) is 4.75 Å². The van der Waals surface area contributed by atoms with Crippen LogP contribution in [0, 0.1) is 5.92 Å². The molecule has 174 valence electrons. The van der Waals surface area contributed by atoms with Crippen molar-refractivity contribution >= 4 is 34.6 Å². The van der Waals surface area contributed by atoms with Crippen LogP contribution < -0.4 is 0 Å². The minimum Gasteiger partial charge on any atom is -0.245 e. The summed E-state index contributed by atoms with van der Waals surface area (Å²) in [4.78, 5) is 5.31. The van der Waals surface area contributed by atoms with E-state index in [-0.39, 0.29) is 5.92 Å². The maximum Gasteiger partial charge on any atom is 0.106 e. The van der Waals surface area contributed by atoms with Gasteiger partial charge in [-0.2, -0.15) is 0 Å². The van der Waals surface area contributed by atoms with Crippen LogP contribution in [0.3, 0.4) is 0 Å². The van der Waals surface area contributed by atoms with Gasteiger partial charge in [0.15, 0.2) is 0 Å². The Morgan fingerprint density at radius 1 is 0.639 bits per heavy atom. The van der Waals surface area contributed by atoms with Gasteiger partial charge in [-0.05, 0) is 34.4 Å². The van der Waals surface area contributed by atoms with Crippen molar-refractivity contribution in [2.75, 3.05) is 0 Å². The van der Waals surface area contributed by atoms with Gasteiger partial charge in [-0.1, -0.05) is 151 Å². The number of fused-ring (bicyclic) bond motifs is 1. The van der Waals surface area contributed by atoms with Gasteiger partial charge in [-0.3, -0.25) is 0 Å². The SMILES string of the molecule is ClC1=CC2C(=NC(=C(c3ccccc3)c3ccccc3)SC2(c2ccccc2)c2ccccc2)C=C1. The van der Waals surface area contributed by atoms with E-state index in [1.165, 1.54) is 11.1 Å². The third-order valence-corrected chi connectivity index (χ3v) is 8.52. The Bertz CT molecular complexity index is 1410. The fraction of sp³-hybridized carbons (Fsp3) is 0.0606. The zero-order valence-corrected chi connectivity index (χ0v) is 21.2. The number of aliphatic imine (C=N–C) groups is 1. The van der Waals surface area contributed by atoms with E-state index in [1.807, 2.05) is 17.8 Å². The molecule has 1 aliphatic carbocycles. The van der Waals surface area contributed by atoms with Gasteiger partial charge < -0.3 is 0 Å². The zero-order chi connectivity index (χ0) is 24.4. The number of halogens is 1. The maximum absolute atomic E-state index is 6.63. The largest absolute Gasteiger partial charge is 0.245 e. The summed E-state index contributed by atoms with van der Waals surface area (Å²) in [5, 5.41) is 1.75. The molecule has 36 heavy (non-hydrogen) atoms. The molecule has 0 radical (unpaired) electrons. The third-order valence-electron chi connectivity index (χ3n) is 6.73. The summed E-state index contributed by atoms with van der Waals surface area (Å²) >= 11 is 8.45. The lowest BCUT2D eigenvalue weighted by molar-refractivity contribution is 0.650. The summed E-state index contributed by atoms with van der Waals surface area (Å²) in [5.41, 5.74) is 6.91. The molecule has 0 saturated carbocycles. The molecule has 4 aromatic rings. The molecule has 1 atom stereocenters. The molecule has 1 unspecified atom stereocenters. The molecule has 0 bridgehead atoms. The smallest absolute Gasteiger partial charge is 0.106 e. The van der Waals surface area contributed by atoms with Gasteiger partial charge in [-0.25, -0.2) is 4.99 Å². The molecule has 2 aliphatic rings. The quantitative estimate of drug-likeness (QED) is 0.272. The highest BCUT2D eigenvalue weighted by Crippen LogP contribution is 2.58. The highest BCUT2D eigenvalue weighted by atomic mass is 35.5. The molecule has 0 fully saturated rings. The lowest BCUT2D eigenvalue weighted by Crippen LogP contribution is -2.40. The first-order chi connectivity index (χ1) is 17.8. The van der Waals surface area contributed by atoms with E-state index in [1.54, 1.807) is 0 Å². The van der Waals surface area contributed by atoms with E-state index in [9.17, 15) is 0 Å². The summed E-state index contributed by atoms with van der Waals surface area (Å²) in [5.74, 6) is -0.0126. The Hall–Kier alpha value is -3.59. The van der Waals surface area contributed by atoms with Crippen LogP contribution in [0.5, 0.6) is 0 Å². The van der Waals surface area contributed by atoms with Crippen molar-refractivity contribution in [3.8, 4) is 0 Å².